The van der Waals surface area contributed by atoms with E-state index in [-0.39, 0.29) is 6.42 Å². The Bertz CT molecular complexity index is 329. The van der Waals surface area contributed by atoms with Gasteiger partial charge in [-0.2, -0.15) is 0 Å². The van der Waals surface area contributed by atoms with Gasteiger partial charge in [-0.05, 0) is 18.6 Å². The van der Waals surface area contributed by atoms with Gasteiger partial charge in [0.25, 0.3) is 0 Å². The SMILES string of the molecule is Cc1cccc(Cl)c1C(O)CC(=O)O. The highest BCUT2D eigenvalue weighted by atomic mass is 35.5. The van der Waals surface area contributed by atoms with Gasteiger partial charge in [-0.3, -0.25) is 4.79 Å². The van der Waals surface area contributed by atoms with E-state index in [1.165, 1.54) is 0 Å². The van der Waals surface area contributed by atoms with Gasteiger partial charge >= 0.3 is 5.97 Å². The van der Waals surface area contributed by atoms with Crippen molar-refractivity contribution in [1.82, 2.24) is 0 Å². The van der Waals surface area contributed by atoms with Gasteiger partial charge in [0, 0.05) is 10.6 Å². The molecule has 14 heavy (non-hydrogen) atoms. The first kappa shape index (κ1) is 11.0. The van der Waals surface area contributed by atoms with E-state index in [4.69, 9.17) is 16.7 Å². The van der Waals surface area contributed by atoms with Crippen LogP contribution in [0.1, 0.15) is 23.7 Å². The number of hydrogen-bond donors (Lipinski definition) is 2. The second-order valence-electron chi connectivity index (χ2n) is 3.08. The number of carboxylic acids is 1. The maximum atomic E-state index is 10.4. The maximum Gasteiger partial charge on any atom is 0.306 e. The van der Waals surface area contributed by atoms with Crippen molar-refractivity contribution in [3.05, 3.63) is 34.3 Å². The molecule has 0 radical (unpaired) electrons. The summed E-state index contributed by atoms with van der Waals surface area (Å²) in [6.07, 6.45) is -1.37. The van der Waals surface area contributed by atoms with Gasteiger partial charge in [0.1, 0.15) is 0 Å². The Morgan fingerprint density at radius 3 is 2.71 bits per heavy atom. The summed E-state index contributed by atoms with van der Waals surface area (Å²) in [7, 11) is 0. The third kappa shape index (κ3) is 2.47. The van der Waals surface area contributed by atoms with E-state index in [0.717, 1.165) is 5.56 Å². The molecule has 0 bridgehead atoms. The monoisotopic (exact) mass is 214 g/mol. The van der Waals surface area contributed by atoms with Gasteiger partial charge in [0.15, 0.2) is 0 Å². The molecule has 3 nitrogen and oxygen atoms in total. The van der Waals surface area contributed by atoms with Crippen LogP contribution in [0.2, 0.25) is 5.02 Å². The average Bonchev–Trinajstić information content (AvgIpc) is 2.01. The highest BCUT2D eigenvalue weighted by Gasteiger charge is 2.16. The normalized spacial score (nSPS) is 12.5. The van der Waals surface area contributed by atoms with Crippen molar-refractivity contribution < 1.29 is 15.0 Å². The molecule has 0 saturated carbocycles. The van der Waals surface area contributed by atoms with E-state index < -0.39 is 12.1 Å². The minimum absolute atomic E-state index is 0.329. The number of aliphatic carboxylic acids is 1. The van der Waals surface area contributed by atoms with E-state index in [0.29, 0.717) is 10.6 Å². The van der Waals surface area contributed by atoms with Crippen LogP contribution in [0.5, 0.6) is 0 Å². The topological polar surface area (TPSA) is 57.5 Å². The Labute approximate surface area is 86.9 Å². The molecule has 0 saturated heterocycles. The largest absolute Gasteiger partial charge is 0.481 e. The van der Waals surface area contributed by atoms with Gasteiger partial charge < -0.3 is 10.2 Å². The maximum absolute atomic E-state index is 10.4. The van der Waals surface area contributed by atoms with E-state index in [1.54, 1.807) is 25.1 Å². The summed E-state index contributed by atoms with van der Waals surface area (Å²) >= 11 is 5.85. The molecule has 4 heteroatoms. The van der Waals surface area contributed by atoms with Crippen LogP contribution in [-0.2, 0) is 4.79 Å². The zero-order valence-electron chi connectivity index (χ0n) is 7.70. The molecular formula is C10H11ClO3. The smallest absolute Gasteiger partial charge is 0.306 e. The van der Waals surface area contributed by atoms with Crippen LogP contribution < -0.4 is 0 Å². The molecule has 76 valence electrons. The number of carboxylic acid groups (broad SMARTS) is 1. The number of hydrogen-bond acceptors (Lipinski definition) is 2. The quantitative estimate of drug-likeness (QED) is 0.811. The second kappa shape index (κ2) is 4.44. The zero-order valence-corrected chi connectivity index (χ0v) is 8.45. The fraction of sp³-hybridized carbons (Fsp3) is 0.300. The first-order chi connectivity index (χ1) is 6.52. The predicted molar refractivity (Wildman–Crippen MR) is 53.4 cm³/mol. The number of rotatable bonds is 3. The molecule has 1 unspecified atom stereocenters. The van der Waals surface area contributed by atoms with Gasteiger partial charge in [0.05, 0.1) is 12.5 Å². The Morgan fingerprint density at radius 1 is 1.57 bits per heavy atom. The van der Waals surface area contributed by atoms with E-state index in [1.807, 2.05) is 0 Å². The third-order valence-electron chi connectivity index (χ3n) is 1.97. The van der Waals surface area contributed by atoms with Crippen LogP contribution in [0.4, 0.5) is 0 Å². The lowest BCUT2D eigenvalue weighted by Crippen LogP contribution is -2.07. The van der Waals surface area contributed by atoms with Crippen LogP contribution in [0.25, 0.3) is 0 Å². The molecule has 0 spiro atoms. The molecule has 0 fully saturated rings. The minimum Gasteiger partial charge on any atom is -0.481 e. The Kier molecular flexibility index (Phi) is 3.49. The summed E-state index contributed by atoms with van der Waals surface area (Å²) in [5.74, 6) is -1.04. The van der Waals surface area contributed by atoms with Crippen molar-refractivity contribution in [2.45, 2.75) is 19.4 Å². The first-order valence-corrected chi connectivity index (χ1v) is 4.55. The molecule has 1 atom stereocenters. The van der Waals surface area contributed by atoms with Crippen LogP contribution in [0.3, 0.4) is 0 Å². The van der Waals surface area contributed by atoms with E-state index in [2.05, 4.69) is 0 Å². The first-order valence-electron chi connectivity index (χ1n) is 4.17. The summed E-state index contributed by atoms with van der Waals surface area (Å²) in [6, 6.07) is 5.18. The fourth-order valence-electron chi connectivity index (χ4n) is 1.33. The molecule has 1 aromatic rings. The summed E-state index contributed by atoms with van der Waals surface area (Å²) in [5, 5.41) is 18.5. The molecule has 0 aliphatic heterocycles. The number of aliphatic hydroxyl groups excluding tert-OH is 1. The zero-order chi connectivity index (χ0) is 10.7. The molecule has 1 aromatic carbocycles. The third-order valence-corrected chi connectivity index (χ3v) is 2.30. The number of halogens is 1. The molecule has 0 aliphatic carbocycles. The Morgan fingerprint density at radius 2 is 2.21 bits per heavy atom. The van der Waals surface area contributed by atoms with E-state index >= 15 is 0 Å². The van der Waals surface area contributed by atoms with E-state index in [9.17, 15) is 9.90 Å². The molecule has 0 heterocycles. The lowest BCUT2D eigenvalue weighted by Gasteiger charge is -2.13. The van der Waals surface area contributed by atoms with Crippen molar-refractivity contribution in [1.29, 1.82) is 0 Å². The molecular weight excluding hydrogens is 204 g/mol. The molecule has 0 aromatic heterocycles. The molecule has 2 N–H and O–H groups in total. The number of benzene rings is 1. The standard InChI is InChI=1S/C10H11ClO3/c1-6-3-2-4-7(11)10(6)8(12)5-9(13)14/h2-4,8,12H,5H2,1H3,(H,13,14). The van der Waals surface area contributed by atoms with Gasteiger partial charge in [-0.15, -0.1) is 0 Å². The molecule has 1 rings (SSSR count). The highest BCUT2D eigenvalue weighted by Crippen LogP contribution is 2.28. The van der Waals surface area contributed by atoms with Crippen molar-refractivity contribution in [3.8, 4) is 0 Å². The highest BCUT2D eigenvalue weighted by molar-refractivity contribution is 6.31. The Hall–Kier alpha value is -1.06. The van der Waals surface area contributed by atoms with Crippen molar-refractivity contribution in [2.75, 3.05) is 0 Å². The number of aliphatic hydroxyl groups is 1. The lowest BCUT2D eigenvalue weighted by molar-refractivity contribution is -0.139. The summed E-state index contributed by atoms with van der Waals surface area (Å²) in [5.41, 5.74) is 1.29. The molecule has 0 aliphatic rings. The van der Waals surface area contributed by atoms with Gasteiger partial charge in [-0.25, -0.2) is 0 Å². The van der Waals surface area contributed by atoms with Crippen molar-refractivity contribution in [3.63, 3.8) is 0 Å². The minimum atomic E-state index is -1.04. The van der Waals surface area contributed by atoms with Crippen molar-refractivity contribution in [2.24, 2.45) is 0 Å². The summed E-state index contributed by atoms with van der Waals surface area (Å²) in [6.45, 7) is 1.78. The number of aryl methyl sites for hydroxylation is 1. The van der Waals surface area contributed by atoms with Crippen LogP contribution in [0, 0.1) is 6.92 Å². The predicted octanol–water partition coefficient (Wildman–Crippen LogP) is 2.16. The average molecular weight is 215 g/mol. The van der Waals surface area contributed by atoms with Gasteiger partial charge in [0.2, 0.25) is 0 Å². The van der Waals surface area contributed by atoms with Crippen LogP contribution in [0.15, 0.2) is 18.2 Å². The van der Waals surface area contributed by atoms with Crippen LogP contribution in [-0.4, -0.2) is 16.2 Å². The number of carbonyl (C=O) groups is 1. The summed E-state index contributed by atoms with van der Waals surface area (Å²) in [4.78, 5) is 10.4. The lowest BCUT2D eigenvalue weighted by atomic mass is 10.0. The Balaban J connectivity index is 2.99. The van der Waals surface area contributed by atoms with Gasteiger partial charge in [-0.1, -0.05) is 23.7 Å². The molecule has 0 amide bonds. The fourth-order valence-corrected chi connectivity index (χ4v) is 1.68. The second-order valence-corrected chi connectivity index (χ2v) is 3.49. The van der Waals surface area contributed by atoms with Crippen LogP contribution >= 0.6 is 11.6 Å². The summed E-state index contributed by atoms with van der Waals surface area (Å²) < 4.78 is 0. The van der Waals surface area contributed by atoms with Crippen molar-refractivity contribution >= 4 is 17.6 Å².